The highest BCUT2D eigenvalue weighted by Gasteiger charge is 2.30. The van der Waals surface area contributed by atoms with Crippen LogP contribution in [0.1, 0.15) is 27.3 Å². The molecule has 2 aromatic heterocycles. The number of aromatic nitrogens is 3. The van der Waals surface area contributed by atoms with Crippen molar-refractivity contribution in [3.8, 4) is 0 Å². The highest BCUT2D eigenvalue weighted by Crippen LogP contribution is 2.31. The molecule has 1 aromatic carbocycles. The van der Waals surface area contributed by atoms with Gasteiger partial charge in [-0.15, -0.1) is 0 Å². The lowest BCUT2D eigenvalue weighted by atomic mass is 10.1. The molecule has 130 valence electrons. The van der Waals surface area contributed by atoms with Gasteiger partial charge in [0.25, 0.3) is 5.91 Å². The molecule has 2 heterocycles. The first-order valence-electron chi connectivity index (χ1n) is 7.46. The molecule has 0 unspecified atom stereocenters. The summed E-state index contributed by atoms with van der Waals surface area (Å²) in [4.78, 5) is 17.0. The van der Waals surface area contributed by atoms with Gasteiger partial charge in [-0.25, -0.2) is 4.98 Å². The molecule has 0 bridgehead atoms. The van der Waals surface area contributed by atoms with E-state index in [0.717, 1.165) is 12.1 Å². The Balaban J connectivity index is 2.01. The predicted octanol–water partition coefficient (Wildman–Crippen LogP) is 3.86. The number of alkyl halides is 3. The minimum atomic E-state index is -4.47. The van der Waals surface area contributed by atoms with Gasteiger partial charge in [-0.3, -0.25) is 9.48 Å². The van der Waals surface area contributed by atoms with Crippen LogP contribution in [0.15, 0.2) is 30.3 Å². The van der Waals surface area contributed by atoms with Crippen molar-refractivity contribution in [1.82, 2.24) is 14.8 Å². The molecule has 0 radical (unpaired) electrons. The van der Waals surface area contributed by atoms with Crippen molar-refractivity contribution in [2.45, 2.75) is 20.0 Å². The Morgan fingerprint density at radius 1 is 1.20 bits per heavy atom. The van der Waals surface area contributed by atoms with Gasteiger partial charge in [0, 0.05) is 18.4 Å². The van der Waals surface area contributed by atoms with Crippen LogP contribution in [0, 0.1) is 13.8 Å². The molecule has 5 nitrogen and oxygen atoms in total. The third kappa shape index (κ3) is 3.19. The smallest absolute Gasteiger partial charge is 0.322 e. The van der Waals surface area contributed by atoms with E-state index in [1.54, 1.807) is 31.6 Å². The lowest BCUT2D eigenvalue weighted by Crippen LogP contribution is -2.14. The van der Waals surface area contributed by atoms with Crippen LogP contribution in [-0.4, -0.2) is 20.7 Å². The molecule has 3 rings (SSSR count). The second kappa shape index (κ2) is 5.87. The van der Waals surface area contributed by atoms with Crippen LogP contribution in [0.2, 0.25) is 0 Å². The zero-order valence-electron chi connectivity index (χ0n) is 13.8. The van der Waals surface area contributed by atoms with Gasteiger partial charge < -0.3 is 5.32 Å². The van der Waals surface area contributed by atoms with Crippen LogP contribution in [0.4, 0.5) is 18.9 Å². The van der Waals surface area contributed by atoms with Crippen LogP contribution in [0.3, 0.4) is 0 Å². The number of amides is 1. The van der Waals surface area contributed by atoms with Gasteiger partial charge in [0.05, 0.1) is 22.2 Å². The lowest BCUT2D eigenvalue weighted by Gasteiger charge is -2.11. The third-order valence-electron chi connectivity index (χ3n) is 3.79. The molecule has 0 saturated carbocycles. The number of nitrogens with zero attached hydrogens (tertiary/aromatic N) is 3. The van der Waals surface area contributed by atoms with Gasteiger partial charge in [0.2, 0.25) is 0 Å². The first-order chi connectivity index (χ1) is 11.7. The van der Waals surface area contributed by atoms with E-state index in [9.17, 15) is 18.0 Å². The summed E-state index contributed by atoms with van der Waals surface area (Å²) in [6.45, 7) is 3.49. The Morgan fingerprint density at radius 2 is 1.92 bits per heavy atom. The van der Waals surface area contributed by atoms with Gasteiger partial charge in [-0.2, -0.15) is 18.3 Å². The molecule has 8 heteroatoms. The van der Waals surface area contributed by atoms with Crippen LogP contribution in [0.5, 0.6) is 0 Å². The van der Waals surface area contributed by atoms with Gasteiger partial charge in [-0.1, -0.05) is 6.07 Å². The maximum absolute atomic E-state index is 12.8. The Hall–Kier alpha value is -2.90. The molecule has 1 amide bonds. The van der Waals surface area contributed by atoms with Crippen LogP contribution in [0.25, 0.3) is 11.0 Å². The maximum Gasteiger partial charge on any atom is 0.416 e. The number of halogens is 3. The fourth-order valence-corrected chi connectivity index (χ4v) is 2.72. The summed E-state index contributed by atoms with van der Waals surface area (Å²) in [6, 6.07) is 6.12. The van der Waals surface area contributed by atoms with Crippen molar-refractivity contribution in [3.05, 3.63) is 52.8 Å². The van der Waals surface area contributed by atoms with Crippen LogP contribution in [-0.2, 0) is 13.2 Å². The third-order valence-corrected chi connectivity index (χ3v) is 3.79. The lowest BCUT2D eigenvalue weighted by molar-refractivity contribution is -0.137. The van der Waals surface area contributed by atoms with Crippen molar-refractivity contribution in [2.24, 2.45) is 7.05 Å². The van der Waals surface area contributed by atoms with Gasteiger partial charge >= 0.3 is 6.18 Å². The fourth-order valence-electron chi connectivity index (χ4n) is 2.72. The highest BCUT2D eigenvalue weighted by molar-refractivity contribution is 6.12. The van der Waals surface area contributed by atoms with Crippen molar-refractivity contribution in [1.29, 1.82) is 0 Å². The summed E-state index contributed by atoms with van der Waals surface area (Å²) in [6.07, 6.45) is -4.47. The molecule has 0 aliphatic heterocycles. The number of benzene rings is 1. The van der Waals surface area contributed by atoms with Crippen molar-refractivity contribution >= 4 is 22.6 Å². The van der Waals surface area contributed by atoms with Crippen LogP contribution < -0.4 is 5.32 Å². The molecular formula is C17H15F3N4O. The standard InChI is InChI=1S/C17H15F3N4O/c1-9-7-13(14-10(2)23-24(3)15(14)21-9)16(25)22-12-6-4-5-11(8-12)17(18,19)20/h4-8H,1-3H3,(H,22,25). The normalized spacial score (nSPS) is 11.8. The SMILES string of the molecule is Cc1cc(C(=O)Nc2cccc(C(F)(F)F)c2)c2c(C)nn(C)c2n1. The fraction of sp³-hybridized carbons (Fsp3) is 0.235. The van der Waals surface area contributed by atoms with E-state index in [-0.39, 0.29) is 5.69 Å². The van der Waals surface area contributed by atoms with Gasteiger partial charge in [0.15, 0.2) is 5.65 Å². The van der Waals surface area contributed by atoms with Gasteiger partial charge in [0.1, 0.15) is 0 Å². The summed E-state index contributed by atoms with van der Waals surface area (Å²) in [5.74, 6) is -0.508. The second-order valence-electron chi connectivity index (χ2n) is 5.75. The van der Waals surface area contributed by atoms with E-state index in [4.69, 9.17) is 0 Å². The monoisotopic (exact) mass is 348 g/mol. The number of fused-ring (bicyclic) bond motifs is 1. The molecule has 25 heavy (non-hydrogen) atoms. The van der Waals surface area contributed by atoms with Crippen LogP contribution >= 0.6 is 0 Å². The number of carbonyl (C=O) groups excluding carboxylic acids is 1. The first kappa shape index (κ1) is 16.9. The molecule has 0 fully saturated rings. The number of hydrogen-bond donors (Lipinski definition) is 1. The van der Waals surface area contributed by atoms with E-state index >= 15 is 0 Å². The minimum absolute atomic E-state index is 0.0731. The number of carbonyl (C=O) groups is 1. The quantitative estimate of drug-likeness (QED) is 0.765. The molecule has 0 saturated heterocycles. The summed E-state index contributed by atoms with van der Waals surface area (Å²) < 4.78 is 40.0. The Bertz CT molecular complexity index is 976. The summed E-state index contributed by atoms with van der Waals surface area (Å²) >= 11 is 0. The number of hydrogen-bond acceptors (Lipinski definition) is 3. The summed E-state index contributed by atoms with van der Waals surface area (Å²) in [5, 5.41) is 7.36. The number of anilines is 1. The number of rotatable bonds is 2. The average Bonchev–Trinajstić information content (AvgIpc) is 2.80. The maximum atomic E-state index is 12.8. The van der Waals surface area contributed by atoms with E-state index in [1.165, 1.54) is 12.1 Å². The second-order valence-corrected chi connectivity index (χ2v) is 5.75. The summed E-state index contributed by atoms with van der Waals surface area (Å²) in [7, 11) is 1.72. The summed E-state index contributed by atoms with van der Waals surface area (Å²) in [5.41, 5.74) is 1.36. The molecule has 0 aliphatic carbocycles. The minimum Gasteiger partial charge on any atom is -0.322 e. The average molecular weight is 348 g/mol. The largest absolute Gasteiger partial charge is 0.416 e. The zero-order chi connectivity index (χ0) is 18.4. The van der Waals surface area contributed by atoms with E-state index in [2.05, 4.69) is 15.4 Å². The van der Waals surface area contributed by atoms with E-state index in [0.29, 0.717) is 28.0 Å². The molecule has 0 atom stereocenters. The number of nitrogens with one attached hydrogen (secondary N) is 1. The number of aryl methyl sites for hydroxylation is 3. The van der Waals surface area contributed by atoms with Crippen molar-refractivity contribution in [3.63, 3.8) is 0 Å². The molecule has 1 N–H and O–H groups in total. The zero-order valence-corrected chi connectivity index (χ0v) is 13.8. The topological polar surface area (TPSA) is 59.8 Å². The Labute approximate surface area is 141 Å². The predicted molar refractivity (Wildman–Crippen MR) is 87.4 cm³/mol. The van der Waals surface area contributed by atoms with Gasteiger partial charge in [-0.05, 0) is 38.1 Å². The Kier molecular flexibility index (Phi) is 3.98. The van der Waals surface area contributed by atoms with Crippen molar-refractivity contribution < 1.29 is 18.0 Å². The van der Waals surface area contributed by atoms with E-state index < -0.39 is 17.6 Å². The van der Waals surface area contributed by atoms with E-state index in [1.807, 2.05) is 0 Å². The number of pyridine rings is 1. The first-order valence-corrected chi connectivity index (χ1v) is 7.46. The molecule has 3 aromatic rings. The molecule has 0 aliphatic rings. The highest BCUT2D eigenvalue weighted by atomic mass is 19.4. The Morgan fingerprint density at radius 3 is 2.60 bits per heavy atom. The molecular weight excluding hydrogens is 333 g/mol. The molecule has 0 spiro atoms. The van der Waals surface area contributed by atoms with Crippen molar-refractivity contribution in [2.75, 3.05) is 5.32 Å².